The van der Waals surface area contributed by atoms with Crippen LogP contribution in [0.25, 0.3) is 33.3 Å². The third-order valence-corrected chi connectivity index (χ3v) is 27.1. The van der Waals surface area contributed by atoms with Crippen LogP contribution in [0.5, 0.6) is 29.8 Å². The van der Waals surface area contributed by atoms with E-state index in [0.717, 1.165) is 143 Å². The number of nitrogens with two attached hydrogens (primary N) is 1. The Morgan fingerprint density at radius 3 is 1.61 bits per heavy atom. The average Bonchev–Trinajstić information content (AvgIpc) is 1.75. The number of ether oxygens (including phenoxy) is 8. The Morgan fingerprint density at radius 1 is 0.575 bits per heavy atom. The van der Waals surface area contributed by atoms with Crippen LogP contribution in [0.15, 0.2) is 103 Å². The van der Waals surface area contributed by atoms with Crippen molar-refractivity contribution in [1.82, 2.24) is 115 Å². The third-order valence-electron chi connectivity index (χ3n) is 27.1. The number of β-amino-alcohol motifs (C(OH)–C–C–N with tert-alkyl or cyclic N) is 1. The number of hydrogen-bond acceptors (Lipinski definition) is 35. The zero-order chi connectivity index (χ0) is 102. The summed E-state index contributed by atoms with van der Waals surface area (Å²) in [4.78, 5) is 129. The second kappa shape index (κ2) is 45.3. The summed E-state index contributed by atoms with van der Waals surface area (Å²) in [5.74, 6) is -4.30. The number of aromatic nitrogens is 19. The molecule has 9 aliphatic heterocycles. The van der Waals surface area contributed by atoms with Crippen LogP contribution in [-0.2, 0) is 27.8 Å². The van der Waals surface area contributed by atoms with Crippen LogP contribution in [0.4, 0.5) is 55.6 Å². The number of H-pyrrole nitrogens is 2. The number of rotatable bonds is 30. The standard InChI is InChI=1S/C26H33F2N9O3.C25H29F2N7O3.C24H28F2N6O3.C23H29N7O4/c1-15(2)32-23(38)22-33-24(35-25(34-22)40-13-18-9-26(18,27)28)37-6-4-16(5-7-37)12-39-20-8-17(10-30-21(20)29)19-11-36(3)14-31-19;26-18-12-34(13-19(18)27)24(35)20-11-21(30-25(29-20)37-14-16-3-2-10-36-16)33-8-5-15(6-9-33)22-17-4-1-7-28-23(17)32-31-22;1-15(12-34-2)35-23-29-18(22(33)32-13-24(25,26)14-32)10-20(30-23)31-8-5-16(6-9-31)21-17-4-3-7-27-19(17)11-28-21;1-14(13-33-2)34-23-25-18(22(32)30-11-16(31)12-30)10-19(26-23)29-8-5-15(6-9-29)20-17-4-3-7-24-21(17)28-27-20/h8,10-11,14-16,18H,4-7,9,12-13H2,1-3H3,(H2,29,30)(H,32,38);1,4,7,11,15-16,18-19H,2-3,5-6,8-10,12-14H2,(H,28,31,32);3-4,7,10,15-16H,5-6,8-9,11-14H2,1-2H3;3-4,7,10,14-16,31H,5-6,8-9,11-13H2,1-2H3,(H,24,27,28)/t18-;16-,18+,19+;15-;14-/m1111/s1. The maximum Gasteiger partial charge on any atom is 0.321 e. The predicted octanol–water partition coefficient (Wildman–Crippen LogP) is 9.50. The average molecular weight is 2030 g/mol. The number of nitrogen functional groups attached to an aromatic ring is 1. The van der Waals surface area contributed by atoms with E-state index in [1.165, 1.54) is 0 Å². The second-order valence-electron chi connectivity index (χ2n) is 38.6. The smallest absolute Gasteiger partial charge is 0.321 e. The lowest BCUT2D eigenvalue weighted by molar-refractivity contribution is -0.113. The van der Waals surface area contributed by atoms with E-state index in [9.17, 15) is 50.6 Å². The summed E-state index contributed by atoms with van der Waals surface area (Å²) in [6, 6.07) is 18.6. The number of amides is 4. The molecule has 6 N–H and O–H groups in total. The number of aliphatic hydroxyl groups excluding tert-OH is 1. The van der Waals surface area contributed by atoms with Crippen molar-refractivity contribution in [2.45, 2.75) is 171 Å². The van der Waals surface area contributed by atoms with Crippen LogP contribution < -0.4 is 54.3 Å². The van der Waals surface area contributed by atoms with Gasteiger partial charge in [-0.1, -0.05) is 0 Å². The number of aliphatic imine (C=N–C) groups is 1. The Morgan fingerprint density at radius 2 is 1.09 bits per heavy atom. The van der Waals surface area contributed by atoms with Crippen LogP contribution in [0, 0.1) is 17.8 Å². The lowest BCUT2D eigenvalue weighted by Gasteiger charge is -2.38. The molecule has 0 radical (unpaired) electrons. The summed E-state index contributed by atoms with van der Waals surface area (Å²) in [5, 5.41) is 29.4. The predicted molar refractivity (Wildman–Crippen MR) is 521 cm³/mol. The summed E-state index contributed by atoms with van der Waals surface area (Å²) >= 11 is 0. The molecule has 11 aromatic heterocycles. The number of carbonyl (C=O) groups excluding carboxylic acids is 4. The molecule has 4 amide bonds. The first-order chi connectivity index (χ1) is 70.5. The number of aryl methyl sites for hydroxylation is 1. The molecular weight excluding hydrogens is 1910 g/mol. The van der Waals surface area contributed by atoms with Crippen molar-refractivity contribution in [2.75, 3.05) is 171 Å². The van der Waals surface area contributed by atoms with E-state index >= 15 is 0 Å². The molecule has 1 saturated carbocycles. The highest BCUT2D eigenvalue weighted by Crippen LogP contribution is 2.49. The zero-order valence-electron chi connectivity index (χ0n) is 82.2. The molecule has 1 aliphatic carbocycles. The lowest BCUT2D eigenvalue weighted by Crippen LogP contribution is -2.58. The third kappa shape index (κ3) is 24.8. The molecule has 0 spiro atoms. The van der Waals surface area contributed by atoms with Gasteiger partial charge in [0.05, 0.1) is 88.4 Å². The van der Waals surface area contributed by atoms with Gasteiger partial charge in [-0.15, -0.1) is 0 Å². The number of likely N-dealkylation sites (tertiary alicyclic amines) is 3. The molecule has 10 aliphatic rings. The largest absolute Gasteiger partial charge is 0.489 e. The van der Waals surface area contributed by atoms with E-state index in [1.54, 1.807) is 75.4 Å². The zero-order valence-corrected chi connectivity index (χ0v) is 82.2. The molecule has 6 atom stereocenters. The van der Waals surface area contributed by atoms with Gasteiger partial charge in [0.15, 0.2) is 35.2 Å². The van der Waals surface area contributed by atoms with Crippen molar-refractivity contribution in [2.24, 2.45) is 29.8 Å². The summed E-state index contributed by atoms with van der Waals surface area (Å²) in [6.07, 6.45) is 14.5. The Kier molecular flexibility index (Phi) is 31.7. The minimum absolute atomic E-state index is 0.0324. The number of aromatic amines is 2. The number of hydrogen-bond donors (Lipinski definition) is 5. The molecule has 11 aromatic rings. The number of alkyl halides is 6. The molecule has 21 rings (SSSR count). The summed E-state index contributed by atoms with van der Waals surface area (Å²) in [7, 11) is 5.06. The molecule has 146 heavy (non-hydrogen) atoms. The second-order valence-corrected chi connectivity index (χ2v) is 38.6. The Hall–Kier alpha value is -14.0. The lowest BCUT2D eigenvalue weighted by atomic mass is 9.88. The minimum atomic E-state index is -2.85. The normalized spacial score (nSPS) is 20.4. The van der Waals surface area contributed by atoms with Gasteiger partial charge in [-0.3, -0.25) is 39.4 Å². The maximum absolute atomic E-state index is 13.8. The highest BCUT2D eigenvalue weighted by Gasteiger charge is 2.57. The number of methoxy groups -OCH3 is 2. The van der Waals surface area contributed by atoms with Gasteiger partial charge in [0.2, 0.25) is 11.8 Å². The number of anilines is 5. The van der Waals surface area contributed by atoms with Crippen LogP contribution in [-0.4, -0.2) is 344 Å². The highest BCUT2D eigenvalue weighted by molar-refractivity contribution is 6.05. The van der Waals surface area contributed by atoms with Crippen LogP contribution in [0.3, 0.4) is 0 Å². The van der Waals surface area contributed by atoms with Crippen molar-refractivity contribution in [3.63, 3.8) is 0 Å². The van der Waals surface area contributed by atoms with Gasteiger partial charge >= 0.3 is 24.0 Å². The fourth-order valence-electron chi connectivity index (χ4n) is 19.0. The fourth-order valence-corrected chi connectivity index (χ4v) is 19.0. The first-order valence-electron chi connectivity index (χ1n) is 49.4. The fraction of sp³-hybridized carbons (Fsp3) is 0.541. The van der Waals surface area contributed by atoms with Crippen molar-refractivity contribution in [1.29, 1.82) is 0 Å². The van der Waals surface area contributed by atoms with Crippen LogP contribution in [0.2, 0.25) is 0 Å². The van der Waals surface area contributed by atoms with Gasteiger partial charge in [-0.2, -0.15) is 55.1 Å². The molecule has 48 heteroatoms. The summed E-state index contributed by atoms with van der Waals surface area (Å²) < 4.78 is 128. The first-order valence-corrected chi connectivity index (χ1v) is 49.4. The Bertz CT molecular complexity index is 6410. The molecule has 0 aromatic carbocycles. The number of nitrogens with one attached hydrogen (secondary N) is 3. The van der Waals surface area contributed by atoms with Gasteiger partial charge in [0, 0.05) is 212 Å². The number of imidazole rings is 1. The van der Waals surface area contributed by atoms with E-state index in [-0.39, 0.29) is 128 Å². The summed E-state index contributed by atoms with van der Waals surface area (Å²) in [6.45, 7) is 14.2. The Balaban J connectivity index is 0.000000128. The van der Waals surface area contributed by atoms with Gasteiger partial charge in [0.1, 0.15) is 60.0 Å². The monoisotopic (exact) mass is 2020 g/mol. The van der Waals surface area contributed by atoms with Gasteiger partial charge in [-0.05, 0) is 140 Å². The van der Waals surface area contributed by atoms with Crippen molar-refractivity contribution in [3.05, 3.63) is 144 Å². The minimum Gasteiger partial charge on any atom is -0.489 e. The number of nitrogens with zero attached hydrogens (tertiary/aromatic N) is 25. The number of piperidine rings is 4. The summed E-state index contributed by atoms with van der Waals surface area (Å²) in [5.41, 5.74) is 14.9. The van der Waals surface area contributed by atoms with Gasteiger partial charge in [-0.25, -0.2) is 46.3 Å². The SMILES string of the molecule is CC(C)NC(=O)c1nc(OC[C@H]2CC2(F)F)nc(N2CCC(COc3cc(-c4cn(C)cn4)cnc3N)CC2)n1.COC[C@@H](C)Oc1nc(C(=O)N2CC(F)(F)C2)cc(N2CCC(C3=NCc4ncccc43)CC2)n1.COC[C@@H](C)Oc1nc(C(=O)N2CC(O)C2)cc(N2CCC(c3[nH]nc4ncccc34)CC2)n1.O=C(c1cc(N2CCC(c3[nH]nc4ncccc34)CC2)nc(OC[C@H]2CCCO2)n1)N1C[C@H](F)[C@@H](F)C1. The van der Waals surface area contributed by atoms with Gasteiger partial charge < -0.3 is 92.9 Å². The van der Waals surface area contributed by atoms with Crippen LogP contribution in [0.1, 0.15) is 175 Å². The van der Waals surface area contributed by atoms with E-state index in [1.807, 2.05) is 79.9 Å². The number of halogens is 6. The molecule has 42 nitrogen and oxygen atoms in total. The van der Waals surface area contributed by atoms with E-state index in [4.69, 9.17) is 48.6 Å². The van der Waals surface area contributed by atoms with Crippen LogP contribution >= 0.6 is 0 Å². The number of pyridine rings is 4. The molecule has 0 bridgehead atoms. The molecular formula is C98H119F6N29O13. The number of carbonyl (C=O) groups is 4. The molecule has 20 heterocycles. The Labute approximate surface area is 836 Å². The molecule has 9 fully saturated rings. The van der Waals surface area contributed by atoms with E-state index < -0.39 is 67.0 Å². The van der Waals surface area contributed by atoms with E-state index in [2.05, 4.69) is 116 Å². The number of aliphatic hydroxyl groups is 1. The maximum atomic E-state index is 13.8. The highest BCUT2D eigenvalue weighted by atomic mass is 19.3. The van der Waals surface area contributed by atoms with Crippen molar-refractivity contribution < 1.29 is 88.5 Å². The quantitative estimate of drug-likeness (QED) is 0.0261. The van der Waals surface area contributed by atoms with Crippen molar-refractivity contribution >= 4 is 80.6 Å². The van der Waals surface area contributed by atoms with Crippen molar-refractivity contribution in [3.8, 4) is 41.0 Å². The topological polar surface area (TPSA) is 478 Å². The molecule has 8 saturated heterocycles. The van der Waals surface area contributed by atoms with Gasteiger partial charge in [0.25, 0.3) is 35.5 Å². The first kappa shape index (κ1) is 102. The van der Waals surface area contributed by atoms with E-state index in [0.29, 0.717) is 132 Å². The number of fused-ring (bicyclic) bond motifs is 3. The molecule has 0 unspecified atom stereocenters. The molecule has 776 valence electrons.